The third-order valence-electron chi connectivity index (χ3n) is 8.35. The van der Waals surface area contributed by atoms with E-state index in [0.717, 1.165) is 32.8 Å². The van der Waals surface area contributed by atoms with Gasteiger partial charge in [-0.25, -0.2) is 14.4 Å². The summed E-state index contributed by atoms with van der Waals surface area (Å²) in [5.41, 5.74) is 5.00. The van der Waals surface area contributed by atoms with Gasteiger partial charge in [-0.3, -0.25) is 19.0 Å². The summed E-state index contributed by atoms with van der Waals surface area (Å²) in [6, 6.07) is 2.98. The first-order valence-electron chi connectivity index (χ1n) is 14.4. The lowest BCUT2D eigenvalue weighted by molar-refractivity contribution is -0.116. The highest BCUT2D eigenvalue weighted by Gasteiger charge is 2.29. The molecule has 2 amide bonds. The summed E-state index contributed by atoms with van der Waals surface area (Å²) in [5, 5.41) is 13.5. The van der Waals surface area contributed by atoms with Crippen molar-refractivity contribution in [3.63, 3.8) is 0 Å². The molecule has 0 unspecified atom stereocenters. The van der Waals surface area contributed by atoms with E-state index in [1.807, 2.05) is 0 Å². The van der Waals surface area contributed by atoms with Crippen LogP contribution >= 0.6 is 11.6 Å². The van der Waals surface area contributed by atoms with Crippen molar-refractivity contribution in [2.24, 2.45) is 5.73 Å². The Morgan fingerprint density at radius 2 is 2.02 bits per heavy atom. The minimum absolute atomic E-state index is 0.0452. The summed E-state index contributed by atoms with van der Waals surface area (Å²) in [5.74, 6) is -2.66. The number of carbonyl (C=O) groups excluding carboxylic acids is 2. The van der Waals surface area contributed by atoms with Crippen LogP contribution in [0.2, 0.25) is 5.02 Å². The van der Waals surface area contributed by atoms with E-state index in [2.05, 4.69) is 39.1 Å². The summed E-state index contributed by atoms with van der Waals surface area (Å²) in [6.07, 6.45) is 4.17. The standard InChI is InChI=1S/C30H32ClFN8O5/c1-15-12-37(2)7-8-39(15)22-10-20(19(31)11-34-22)35-23(41)14-38-13-18(24-29(38)36-21-5-4-6-40(21)30(24)44)16-9-17(28(33)43)26(42)27(45-3)25(16)32/h9-11,13,15,42H,4-8,12,14H2,1-3H3,(H2,33,43)(H,34,35,41)/t15-/m0/s1. The fourth-order valence-electron chi connectivity index (χ4n) is 6.15. The number of aromatic hydroxyl groups is 1. The van der Waals surface area contributed by atoms with Crippen LogP contribution in [0.5, 0.6) is 11.5 Å². The van der Waals surface area contributed by atoms with Crippen LogP contribution in [0, 0.1) is 5.82 Å². The first-order chi connectivity index (χ1) is 21.5. The maximum atomic E-state index is 15.8. The van der Waals surface area contributed by atoms with Crippen molar-refractivity contribution in [3.8, 4) is 22.6 Å². The van der Waals surface area contributed by atoms with E-state index in [1.165, 1.54) is 21.5 Å². The fourth-order valence-corrected chi connectivity index (χ4v) is 6.30. The number of rotatable bonds is 7. The summed E-state index contributed by atoms with van der Waals surface area (Å²) in [6.45, 7) is 4.73. The van der Waals surface area contributed by atoms with Crippen molar-refractivity contribution < 1.29 is 23.8 Å². The lowest BCUT2D eigenvalue weighted by Crippen LogP contribution is -2.50. The monoisotopic (exact) mass is 638 g/mol. The lowest BCUT2D eigenvalue weighted by Gasteiger charge is -2.39. The quantitative estimate of drug-likeness (QED) is 0.276. The van der Waals surface area contributed by atoms with Gasteiger partial charge in [0.15, 0.2) is 17.3 Å². The third-order valence-corrected chi connectivity index (χ3v) is 8.65. The molecule has 2 aliphatic rings. The van der Waals surface area contributed by atoms with Crippen LogP contribution in [0.3, 0.4) is 0 Å². The number of likely N-dealkylation sites (N-methyl/N-ethyl adjacent to an activating group) is 1. The predicted octanol–water partition coefficient (Wildman–Crippen LogP) is 2.59. The minimum atomic E-state index is -1.02. The van der Waals surface area contributed by atoms with E-state index in [1.54, 1.807) is 6.07 Å². The number of phenols is 1. The highest BCUT2D eigenvalue weighted by atomic mass is 35.5. The van der Waals surface area contributed by atoms with Crippen LogP contribution in [0.25, 0.3) is 22.2 Å². The Bertz CT molecular complexity index is 1930. The number of carbonyl (C=O) groups is 2. The van der Waals surface area contributed by atoms with Crippen LogP contribution in [0.4, 0.5) is 15.9 Å². The number of nitrogens with zero attached hydrogens (tertiary/aromatic N) is 6. The number of nitrogens with one attached hydrogen (secondary N) is 1. The smallest absolute Gasteiger partial charge is 0.263 e. The number of aromatic nitrogens is 4. The number of ether oxygens (including phenoxy) is 1. The molecule has 0 radical (unpaired) electrons. The molecule has 3 aromatic heterocycles. The maximum Gasteiger partial charge on any atom is 0.263 e. The number of benzene rings is 1. The van der Waals surface area contributed by atoms with Gasteiger partial charge in [0, 0.05) is 62.0 Å². The van der Waals surface area contributed by atoms with Gasteiger partial charge >= 0.3 is 0 Å². The van der Waals surface area contributed by atoms with E-state index in [0.29, 0.717) is 36.7 Å². The second kappa shape index (κ2) is 11.7. The Kier molecular flexibility index (Phi) is 7.87. The van der Waals surface area contributed by atoms with Crippen LogP contribution in [-0.2, 0) is 24.3 Å². The Hall–Kier alpha value is -4.69. The number of anilines is 2. The van der Waals surface area contributed by atoms with Gasteiger partial charge in [-0.2, -0.15) is 0 Å². The molecular weight excluding hydrogens is 607 g/mol. The molecule has 5 heterocycles. The number of nitrogens with two attached hydrogens (primary N) is 1. The fraction of sp³-hybridized carbons (Fsp3) is 0.367. The molecule has 2 aliphatic heterocycles. The van der Waals surface area contributed by atoms with Crippen LogP contribution in [-0.4, -0.2) is 80.8 Å². The second-order valence-corrected chi connectivity index (χ2v) is 11.8. The molecule has 0 spiro atoms. The zero-order valence-electron chi connectivity index (χ0n) is 24.9. The Morgan fingerprint density at radius 1 is 1.24 bits per heavy atom. The van der Waals surface area contributed by atoms with Gasteiger partial charge < -0.3 is 35.3 Å². The third kappa shape index (κ3) is 5.33. The number of hydrogen-bond donors (Lipinski definition) is 3. The van der Waals surface area contributed by atoms with Crippen molar-refractivity contribution in [2.75, 3.05) is 44.0 Å². The number of piperazine rings is 1. The van der Waals surface area contributed by atoms with E-state index >= 15 is 4.39 Å². The van der Waals surface area contributed by atoms with E-state index in [9.17, 15) is 19.5 Å². The topological polar surface area (TPSA) is 161 Å². The van der Waals surface area contributed by atoms with Gasteiger partial charge in [0.1, 0.15) is 23.8 Å². The van der Waals surface area contributed by atoms with Gasteiger partial charge in [-0.1, -0.05) is 11.6 Å². The lowest BCUT2D eigenvalue weighted by atomic mass is 10.0. The molecule has 0 bridgehead atoms. The van der Waals surface area contributed by atoms with Gasteiger partial charge in [0.25, 0.3) is 11.5 Å². The Labute approximate surface area is 262 Å². The van der Waals surface area contributed by atoms with Crippen molar-refractivity contribution in [2.45, 2.75) is 38.9 Å². The number of amides is 2. The number of halogens is 2. The van der Waals surface area contributed by atoms with Gasteiger partial charge in [-0.15, -0.1) is 0 Å². The molecule has 0 aliphatic carbocycles. The second-order valence-electron chi connectivity index (χ2n) is 11.4. The molecule has 4 N–H and O–H groups in total. The van der Waals surface area contributed by atoms with Crippen molar-refractivity contribution in [1.29, 1.82) is 0 Å². The highest BCUT2D eigenvalue weighted by Crippen LogP contribution is 2.41. The maximum absolute atomic E-state index is 15.8. The van der Waals surface area contributed by atoms with Gasteiger partial charge in [0.05, 0.1) is 35.0 Å². The van der Waals surface area contributed by atoms with Gasteiger partial charge in [-0.05, 0) is 26.5 Å². The molecule has 4 aromatic rings. The molecule has 1 aromatic carbocycles. The van der Waals surface area contributed by atoms with Crippen molar-refractivity contribution >= 4 is 46.0 Å². The summed E-state index contributed by atoms with van der Waals surface area (Å²) in [7, 11) is 3.19. The number of hydrogen-bond acceptors (Lipinski definition) is 9. The first-order valence-corrected chi connectivity index (χ1v) is 14.8. The van der Waals surface area contributed by atoms with E-state index in [-0.39, 0.29) is 39.8 Å². The molecule has 13 nitrogen and oxygen atoms in total. The molecule has 6 rings (SSSR count). The minimum Gasteiger partial charge on any atom is -0.504 e. The largest absolute Gasteiger partial charge is 0.504 e. The average Bonchev–Trinajstić information content (AvgIpc) is 3.60. The Morgan fingerprint density at radius 3 is 2.73 bits per heavy atom. The number of methoxy groups -OCH3 is 1. The highest BCUT2D eigenvalue weighted by molar-refractivity contribution is 6.33. The predicted molar refractivity (Wildman–Crippen MR) is 167 cm³/mol. The summed E-state index contributed by atoms with van der Waals surface area (Å²) in [4.78, 5) is 52.8. The molecule has 1 saturated heterocycles. The van der Waals surface area contributed by atoms with E-state index < -0.39 is 40.3 Å². The summed E-state index contributed by atoms with van der Waals surface area (Å²) < 4.78 is 23.8. The van der Waals surface area contributed by atoms with Crippen molar-refractivity contribution in [3.05, 3.63) is 57.1 Å². The normalized spacial score (nSPS) is 16.6. The molecule has 236 valence electrons. The molecule has 1 atom stereocenters. The number of fused-ring (bicyclic) bond motifs is 2. The van der Waals surface area contributed by atoms with Gasteiger partial charge in [0.2, 0.25) is 5.91 Å². The first kappa shape index (κ1) is 30.3. The SMILES string of the molecule is COc1c(O)c(C(N)=O)cc(-c2cn(CC(=O)Nc3cc(N4CCN(C)C[C@@H]4C)ncc3Cl)c3nc4n(c(=O)c23)CCC4)c1F. The molecule has 0 saturated carbocycles. The zero-order chi connectivity index (χ0) is 32.2. The van der Waals surface area contributed by atoms with Crippen molar-refractivity contribution in [1.82, 2.24) is 24.0 Å². The molecule has 45 heavy (non-hydrogen) atoms. The van der Waals surface area contributed by atoms with E-state index in [4.69, 9.17) is 22.1 Å². The Balaban J connectivity index is 1.40. The number of pyridine rings is 1. The summed E-state index contributed by atoms with van der Waals surface area (Å²) >= 11 is 6.43. The number of aryl methyl sites for hydroxylation is 1. The van der Waals surface area contributed by atoms with Crippen LogP contribution < -0.4 is 26.2 Å². The van der Waals surface area contributed by atoms with Crippen LogP contribution in [0.15, 0.2) is 29.3 Å². The molecular formula is C30H32ClFN8O5. The molecule has 1 fully saturated rings. The zero-order valence-corrected chi connectivity index (χ0v) is 25.7. The molecule has 15 heteroatoms. The number of primary amides is 1. The average molecular weight is 639 g/mol. The van der Waals surface area contributed by atoms with Crippen LogP contribution in [0.1, 0.15) is 29.5 Å².